The molecule has 0 unspecified atom stereocenters. The highest BCUT2D eigenvalue weighted by molar-refractivity contribution is 5.88. The number of nitrogens with one attached hydrogen (secondary N) is 1. The van der Waals surface area contributed by atoms with Crippen LogP contribution < -0.4 is 16.0 Å². The average Bonchev–Trinajstić information content (AvgIpc) is 2.67. The molecule has 86 valence electrons. The van der Waals surface area contributed by atoms with Gasteiger partial charge in [0, 0.05) is 24.5 Å². The van der Waals surface area contributed by atoms with E-state index in [0.717, 1.165) is 24.3 Å². The number of carbonyl (C=O) groups is 1. The molecule has 1 saturated heterocycles. The van der Waals surface area contributed by atoms with Crippen molar-refractivity contribution in [2.45, 2.75) is 19.8 Å². The Hall–Kier alpha value is -1.71. The summed E-state index contributed by atoms with van der Waals surface area (Å²) >= 11 is 0. The first-order valence-corrected chi connectivity index (χ1v) is 5.58. The Morgan fingerprint density at radius 3 is 2.62 bits per heavy atom. The van der Waals surface area contributed by atoms with Gasteiger partial charge in [0.25, 0.3) is 0 Å². The number of benzene rings is 1. The fourth-order valence-corrected chi connectivity index (χ4v) is 2.14. The summed E-state index contributed by atoms with van der Waals surface area (Å²) in [5.74, 6) is 0. The van der Waals surface area contributed by atoms with Gasteiger partial charge in [0.05, 0.1) is 0 Å². The van der Waals surface area contributed by atoms with E-state index >= 15 is 0 Å². The second kappa shape index (κ2) is 4.43. The van der Waals surface area contributed by atoms with E-state index in [1.54, 1.807) is 0 Å². The first-order chi connectivity index (χ1) is 7.65. The minimum atomic E-state index is -0.516. The predicted octanol–water partition coefficient (Wildman–Crippen LogP) is 2.09. The van der Waals surface area contributed by atoms with Crippen LogP contribution >= 0.6 is 0 Å². The Morgan fingerprint density at radius 2 is 2.00 bits per heavy atom. The van der Waals surface area contributed by atoms with Gasteiger partial charge in [-0.1, -0.05) is 0 Å². The molecule has 0 spiro atoms. The number of rotatable bonds is 2. The Kier molecular flexibility index (Phi) is 2.99. The van der Waals surface area contributed by atoms with Gasteiger partial charge in [0.1, 0.15) is 0 Å². The second-order valence-corrected chi connectivity index (χ2v) is 4.24. The molecule has 4 nitrogen and oxygen atoms in total. The third kappa shape index (κ3) is 2.45. The fourth-order valence-electron chi connectivity index (χ4n) is 2.14. The highest BCUT2D eigenvalue weighted by Gasteiger charge is 2.13. The zero-order valence-corrected chi connectivity index (χ0v) is 9.49. The summed E-state index contributed by atoms with van der Waals surface area (Å²) in [6.07, 6.45) is 2.49. The molecule has 1 aliphatic rings. The fraction of sp³-hybridized carbons (Fsp3) is 0.417. The number of nitrogens with zero attached hydrogens (tertiary/aromatic N) is 1. The van der Waals surface area contributed by atoms with Crippen molar-refractivity contribution in [3.05, 3.63) is 23.8 Å². The SMILES string of the molecule is Cc1cc(NC(N)=O)cc(N2CCCC2)c1. The van der Waals surface area contributed by atoms with Crippen LogP contribution in [0.1, 0.15) is 18.4 Å². The van der Waals surface area contributed by atoms with Crippen molar-refractivity contribution in [1.29, 1.82) is 0 Å². The van der Waals surface area contributed by atoms with Gasteiger partial charge in [-0.3, -0.25) is 0 Å². The van der Waals surface area contributed by atoms with Crippen LogP contribution in [0.15, 0.2) is 18.2 Å². The van der Waals surface area contributed by atoms with Gasteiger partial charge in [-0.05, 0) is 43.5 Å². The average molecular weight is 219 g/mol. The van der Waals surface area contributed by atoms with Crippen LogP contribution in [0.3, 0.4) is 0 Å². The van der Waals surface area contributed by atoms with Crippen LogP contribution in [0.4, 0.5) is 16.2 Å². The molecule has 1 aromatic carbocycles. The van der Waals surface area contributed by atoms with Crippen molar-refractivity contribution in [2.75, 3.05) is 23.3 Å². The lowest BCUT2D eigenvalue weighted by Crippen LogP contribution is -2.21. The molecular formula is C12H17N3O. The number of amides is 2. The number of anilines is 2. The van der Waals surface area contributed by atoms with Crippen molar-refractivity contribution in [3.63, 3.8) is 0 Å². The minimum absolute atomic E-state index is 0.516. The molecule has 1 fully saturated rings. The first kappa shape index (κ1) is 10.8. The molecule has 4 heteroatoms. The van der Waals surface area contributed by atoms with E-state index in [1.165, 1.54) is 18.5 Å². The van der Waals surface area contributed by atoms with Crippen LogP contribution in [-0.4, -0.2) is 19.1 Å². The van der Waals surface area contributed by atoms with Gasteiger partial charge in [0.15, 0.2) is 0 Å². The normalized spacial score (nSPS) is 15.2. The maximum Gasteiger partial charge on any atom is 0.316 e. The number of hydrogen-bond acceptors (Lipinski definition) is 2. The molecule has 2 rings (SSSR count). The van der Waals surface area contributed by atoms with Gasteiger partial charge >= 0.3 is 6.03 Å². The Labute approximate surface area is 95.4 Å². The largest absolute Gasteiger partial charge is 0.371 e. The van der Waals surface area contributed by atoms with Gasteiger partial charge < -0.3 is 16.0 Å². The lowest BCUT2D eigenvalue weighted by atomic mass is 10.2. The molecule has 0 bridgehead atoms. The number of urea groups is 1. The van der Waals surface area contributed by atoms with Crippen molar-refractivity contribution >= 4 is 17.4 Å². The molecule has 0 saturated carbocycles. The van der Waals surface area contributed by atoms with Crippen molar-refractivity contribution < 1.29 is 4.79 Å². The number of hydrogen-bond donors (Lipinski definition) is 2. The van der Waals surface area contributed by atoms with Crippen molar-refractivity contribution in [1.82, 2.24) is 0 Å². The lowest BCUT2D eigenvalue weighted by Gasteiger charge is -2.19. The highest BCUT2D eigenvalue weighted by Crippen LogP contribution is 2.25. The van der Waals surface area contributed by atoms with E-state index in [-0.39, 0.29) is 0 Å². The number of primary amides is 1. The van der Waals surface area contributed by atoms with E-state index in [2.05, 4.69) is 16.3 Å². The molecule has 16 heavy (non-hydrogen) atoms. The van der Waals surface area contributed by atoms with E-state index in [1.807, 2.05) is 19.1 Å². The molecule has 3 N–H and O–H groups in total. The quantitative estimate of drug-likeness (QED) is 0.800. The molecule has 2 amide bonds. The molecule has 1 aliphatic heterocycles. The minimum Gasteiger partial charge on any atom is -0.371 e. The summed E-state index contributed by atoms with van der Waals surface area (Å²) in [5, 5.41) is 2.62. The lowest BCUT2D eigenvalue weighted by molar-refractivity contribution is 0.259. The zero-order valence-electron chi connectivity index (χ0n) is 9.49. The van der Waals surface area contributed by atoms with E-state index in [0.29, 0.717) is 0 Å². The third-order valence-electron chi connectivity index (χ3n) is 2.80. The molecular weight excluding hydrogens is 202 g/mol. The van der Waals surface area contributed by atoms with Crippen LogP contribution in [0, 0.1) is 6.92 Å². The second-order valence-electron chi connectivity index (χ2n) is 4.24. The summed E-state index contributed by atoms with van der Waals surface area (Å²) < 4.78 is 0. The monoisotopic (exact) mass is 219 g/mol. The molecule has 0 aliphatic carbocycles. The summed E-state index contributed by atoms with van der Waals surface area (Å²) in [7, 11) is 0. The van der Waals surface area contributed by atoms with Gasteiger partial charge in [0.2, 0.25) is 0 Å². The number of carbonyl (C=O) groups excluding carboxylic acids is 1. The summed E-state index contributed by atoms with van der Waals surface area (Å²) in [6.45, 7) is 4.21. The Balaban J connectivity index is 2.24. The van der Waals surface area contributed by atoms with Gasteiger partial charge in [-0.15, -0.1) is 0 Å². The zero-order chi connectivity index (χ0) is 11.5. The Morgan fingerprint density at radius 1 is 1.31 bits per heavy atom. The van der Waals surface area contributed by atoms with Crippen molar-refractivity contribution in [2.24, 2.45) is 5.73 Å². The molecule has 0 atom stereocenters. The molecule has 1 aromatic rings. The number of nitrogens with two attached hydrogens (primary N) is 1. The third-order valence-corrected chi connectivity index (χ3v) is 2.80. The van der Waals surface area contributed by atoms with E-state index in [9.17, 15) is 4.79 Å². The highest BCUT2D eigenvalue weighted by atomic mass is 16.2. The number of aryl methyl sites for hydroxylation is 1. The van der Waals surface area contributed by atoms with Crippen LogP contribution in [0.2, 0.25) is 0 Å². The first-order valence-electron chi connectivity index (χ1n) is 5.58. The Bertz CT molecular complexity index is 397. The summed E-state index contributed by atoms with van der Waals surface area (Å²) in [5.41, 5.74) is 8.19. The predicted molar refractivity (Wildman–Crippen MR) is 65.8 cm³/mol. The van der Waals surface area contributed by atoms with Crippen LogP contribution in [0.5, 0.6) is 0 Å². The smallest absolute Gasteiger partial charge is 0.316 e. The van der Waals surface area contributed by atoms with E-state index in [4.69, 9.17) is 5.73 Å². The van der Waals surface area contributed by atoms with E-state index < -0.39 is 6.03 Å². The molecule has 0 aromatic heterocycles. The molecule has 0 radical (unpaired) electrons. The standard InChI is InChI=1S/C12H17N3O/c1-9-6-10(14-12(13)16)8-11(7-9)15-4-2-3-5-15/h6-8H,2-5H2,1H3,(H3,13,14,16). The van der Waals surface area contributed by atoms with Crippen LogP contribution in [-0.2, 0) is 0 Å². The van der Waals surface area contributed by atoms with Crippen LogP contribution in [0.25, 0.3) is 0 Å². The maximum atomic E-state index is 10.8. The molecule has 1 heterocycles. The summed E-state index contributed by atoms with van der Waals surface area (Å²) in [6, 6.07) is 5.52. The van der Waals surface area contributed by atoms with Crippen molar-refractivity contribution in [3.8, 4) is 0 Å². The van der Waals surface area contributed by atoms with Gasteiger partial charge in [-0.2, -0.15) is 0 Å². The maximum absolute atomic E-state index is 10.8. The van der Waals surface area contributed by atoms with Gasteiger partial charge in [-0.25, -0.2) is 4.79 Å². The summed E-state index contributed by atoms with van der Waals surface area (Å²) in [4.78, 5) is 13.1. The topological polar surface area (TPSA) is 58.4 Å².